The minimum atomic E-state index is -0.980. The quantitative estimate of drug-likeness (QED) is 0.258. The highest BCUT2D eigenvalue weighted by Gasteiger charge is 2.36. The number of para-hydroxylation sites is 1. The van der Waals surface area contributed by atoms with Crippen LogP contribution in [0.1, 0.15) is 68.0 Å². The molecule has 3 aromatic rings. The maximum absolute atomic E-state index is 14.4. The number of halogens is 1. The van der Waals surface area contributed by atoms with E-state index in [4.69, 9.17) is 16.3 Å². The van der Waals surface area contributed by atoms with Gasteiger partial charge >= 0.3 is 6.09 Å². The van der Waals surface area contributed by atoms with Crippen LogP contribution in [0, 0.1) is 20.8 Å². The Morgan fingerprint density at radius 2 is 1.60 bits per heavy atom. The van der Waals surface area contributed by atoms with Gasteiger partial charge < -0.3 is 20.3 Å². The third kappa shape index (κ3) is 8.83. The maximum Gasteiger partial charge on any atom is 0.408 e. The molecular formula is C34H42ClN3O4. The van der Waals surface area contributed by atoms with Crippen LogP contribution in [-0.2, 0) is 20.7 Å². The monoisotopic (exact) mass is 591 g/mol. The van der Waals surface area contributed by atoms with Gasteiger partial charge in [0.2, 0.25) is 5.91 Å². The number of alkyl carbamates (subject to hydrolysis) is 1. The molecule has 3 aromatic carbocycles. The number of carbonyl (C=O) groups is 3. The molecule has 0 aliphatic carbocycles. The second-order valence-corrected chi connectivity index (χ2v) is 12.0. The molecule has 7 nitrogen and oxygen atoms in total. The molecule has 42 heavy (non-hydrogen) atoms. The Kier molecular flexibility index (Phi) is 11.2. The van der Waals surface area contributed by atoms with Crippen molar-refractivity contribution in [3.05, 3.63) is 99.6 Å². The predicted molar refractivity (Wildman–Crippen MR) is 169 cm³/mol. The van der Waals surface area contributed by atoms with E-state index in [1.807, 2.05) is 88.4 Å². The van der Waals surface area contributed by atoms with Crippen LogP contribution >= 0.6 is 11.6 Å². The second-order valence-electron chi connectivity index (χ2n) is 11.6. The number of carbonyl (C=O) groups excluding carboxylic acids is 3. The highest BCUT2D eigenvalue weighted by molar-refractivity contribution is 6.34. The molecule has 2 atom stereocenters. The molecule has 0 saturated heterocycles. The molecule has 0 aliphatic rings. The van der Waals surface area contributed by atoms with E-state index in [1.54, 1.807) is 31.7 Å². The van der Waals surface area contributed by atoms with Crippen molar-refractivity contribution in [2.24, 2.45) is 0 Å². The normalized spacial score (nSPS) is 12.7. The average molecular weight is 592 g/mol. The second kappa shape index (κ2) is 14.4. The van der Waals surface area contributed by atoms with Gasteiger partial charge in [-0.15, -0.1) is 0 Å². The number of aryl methyl sites for hydroxylation is 3. The topological polar surface area (TPSA) is 87.7 Å². The smallest absolute Gasteiger partial charge is 0.408 e. The highest BCUT2D eigenvalue weighted by Crippen LogP contribution is 2.30. The summed E-state index contributed by atoms with van der Waals surface area (Å²) in [5.41, 5.74) is 4.14. The van der Waals surface area contributed by atoms with Gasteiger partial charge in [-0.3, -0.25) is 9.59 Å². The molecule has 3 rings (SSSR count). The first-order chi connectivity index (χ1) is 19.8. The SMILES string of the molecule is CCCN(C(=O)C(Cc1ccccc1)NC(=O)OC(C)(C)C)C(C(=O)Nc1c(C)cccc1Cl)c1ccc(C)c(C)c1. The Morgan fingerprint density at radius 3 is 2.19 bits per heavy atom. The minimum absolute atomic E-state index is 0.226. The Hall–Kier alpha value is -3.84. The van der Waals surface area contributed by atoms with Crippen molar-refractivity contribution < 1.29 is 19.1 Å². The lowest BCUT2D eigenvalue weighted by molar-refractivity contribution is -0.140. The number of hydrogen-bond donors (Lipinski definition) is 2. The zero-order valence-corrected chi connectivity index (χ0v) is 26.3. The fourth-order valence-corrected chi connectivity index (χ4v) is 4.97. The van der Waals surface area contributed by atoms with E-state index in [9.17, 15) is 14.4 Å². The lowest BCUT2D eigenvalue weighted by atomic mass is 9.97. The summed E-state index contributed by atoms with van der Waals surface area (Å²) < 4.78 is 5.51. The van der Waals surface area contributed by atoms with Crippen molar-refractivity contribution in [3.8, 4) is 0 Å². The molecule has 0 heterocycles. The Balaban J connectivity index is 2.09. The standard InChI is InChI=1S/C34H42ClN3O4/c1-8-19-38(32(40)28(21-25-14-10-9-11-15-25)36-33(41)42-34(5,6)7)30(26-18-17-22(2)24(4)20-26)31(39)37-29-23(3)13-12-16-27(29)35/h9-18,20,28,30H,8,19,21H2,1-7H3,(H,36,41)(H,37,39). The Morgan fingerprint density at radius 1 is 0.905 bits per heavy atom. The van der Waals surface area contributed by atoms with Gasteiger partial charge in [-0.25, -0.2) is 4.79 Å². The molecular weight excluding hydrogens is 550 g/mol. The van der Waals surface area contributed by atoms with Crippen LogP contribution in [0.4, 0.5) is 10.5 Å². The van der Waals surface area contributed by atoms with Gasteiger partial charge in [0.25, 0.3) is 5.91 Å². The number of nitrogens with zero attached hydrogens (tertiary/aromatic N) is 1. The van der Waals surface area contributed by atoms with Crippen LogP contribution in [0.5, 0.6) is 0 Å². The molecule has 2 unspecified atom stereocenters. The Labute approximate surface area is 254 Å². The third-order valence-electron chi connectivity index (χ3n) is 6.90. The van der Waals surface area contributed by atoms with E-state index in [2.05, 4.69) is 10.6 Å². The van der Waals surface area contributed by atoms with Crippen molar-refractivity contribution in [1.82, 2.24) is 10.2 Å². The zero-order chi connectivity index (χ0) is 31.0. The van der Waals surface area contributed by atoms with Gasteiger partial charge in [0.1, 0.15) is 17.7 Å². The van der Waals surface area contributed by atoms with E-state index in [0.717, 1.165) is 22.3 Å². The summed E-state index contributed by atoms with van der Waals surface area (Å²) in [4.78, 5) is 43.1. The molecule has 0 fully saturated rings. The molecule has 3 amide bonds. The predicted octanol–water partition coefficient (Wildman–Crippen LogP) is 7.32. The zero-order valence-electron chi connectivity index (χ0n) is 25.6. The van der Waals surface area contributed by atoms with E-state index in [-0.39, 0.29) is 18.9 Å². The van der Waals surface area contributed by atoms with Crippen molar-refractivity contribution in [3.63, 3.8) is 0 Å². The summed E-state index contributed by atoms with van der Waals surface area (Å²) in [5.74, 6) is -0.784. The first kappa shape index (κ1) is 32.7. The van der Waals surface area contributed by atoms with E-state index in [1.165, 1.54) is 0 Å². The summed E-state index contributed by atoms with van der Waals surface area (Å²) in [5, 5.41) is 6.18. The summed E-state index contributed by atoms with van der Waals surface area (Å²) in [6.45, 7) is 13.4. The summed E-state index contributed by atoms with van der Waals surface area (Å²) in [6.07, 6.45) is 0.118. The average Bonchev–Trinajstić information content (AvgIpc) is 2.91. The van der Waals surface area contributed by atoms with Crippen LogP contribution in [0.25, 0.3) is 0 Å². The van der Waals surface area contributed by atoms with Crippen molar-refractivity contribution in [1.29, 1.82) is 0 Å². The van der Waals surface area contributed by atoms with E-state index in [0.29, 0.717) is 22.7 Å². The molecule has 0 aromatic heterocycles. The van der Waals surface area contributed by atoms with Crippen molar-refractivity contribution >= 4 is 35.2 Å². The lowest BCUT2D eigenvalue weighted by Gasteiger charge is -2.35. The summed E-state index contributed by atoms with van der Waals surface area (Å²) in [6, 6.07) is 18.6. The number of hydrogen-bond acceptors (Lipinski definition) is 4. The van der Waals surface area contributed by atoms with Gasteiger partial charge in [-0.2, -0.15) is 0 Å². The van der Waals surface area contributed by atoms with Gasteiger partial charge in [-0.05, 0) is 81.8 Å². The molecule has 8 heteroatoms. The number of ether oxygens (including phenoxy) is 1. The molecule has 0 aliphatic heterocycles. The molecule has 224 valence electrons. The largest absolute Gasteiger partial charge is 0.444 e. The van der Waals surface area contributed by atoms with Gasteiger partial charge in [0.05, 0.1) is 10.7 Å². The van der Waals surface area contributed by atoms with Gasteiger partial charge in [0.15, 0.2) is 0 Å². The van der Waals surface area contributed by atoms with Crippen molar-refractivity contribution in [2.45, 2.75) is 79.0 Å². The molecule has 0 bridgehead atoms. The van der Waals surface area contributed by atoms with Crippen molar-refractivity contribution in [2.75, 3.05) is 11.9 Å². The lowest BCUT2D eigenvalue weighted by Crippen LogP contribution is -2.53. The fraction of sp³-hybridized carbons (Fsp3) is 0.382. The molecule has 0 saturated carbocycles. The first-order valence-corrected chi connectivity index (χ1v) is 14.7. The Bertz CT molecular complexity index is 1380. The van der Waals surface area contributed by atoms with E-state index >= 15 is 0 Å². The van der Waals surface area contributed by atoms with Crippen LogP contribution in [0.15, 0.2) is 66.7 Å². The van der Waals surface area contributed by atoms with Crippen LogP contribution in [-0.4, -0.2) is 41.0 Å². The highest BCUT2D eigenvalue weighted by atomic mass is 35.5. The number of nitrogens with one attached hydrogen (secondary N) is 2. The number of anilines is 1. The summed E-state index contributed by atoms with van der Waals surface area (Å²) >= 11 is 6.47. The third-order valence-corrected chi connectivity index (χ3v) is 7.21. The van der Waals surface area contributed by atoms with Crippen LogP contribution < -0.4 is 10.6 Å². The molecule has 0 spiro atoms. The number of amides is 3. The maximum atomic E-state index is 14.4. The molecule has 0 radical (unpaired) electrons. The fourth-order valence-electron chi connectivity index (χ4n) is 4.70. The minimum Gasteiger partial charge on any atom is -0.444 e. The van der Waals surface area contributed by atoms with Gasteiger partial charge in [0, 0.05) is 13.0 Å². The molecule has 2 N–H and O–H groups in total. The van der Waals surface area contributed by atoms with Crippen LogP contribution in [0.2, 0.25) is 5.02 Å². The number of rotatable bonds is 10. The van der Waals surface area contributed by atoms with Crippen LogP contribution in [0.3, 0.4) is 0 Å². The first-order valence-electron chi connectivity index (χ1n) is 14.3. The number of benzene rings is 3. The van der Waals surface area contributed by atoms with Gasteiger partial charge in [-0.1, -0.05) is 79.2 Å². The van der Waals surface area contributed by atoms with E-state index < -0.39 is 29.7 Å². The summed E-state index contributed by atoms with van der Waals surface area (Å²) in [7, 11) is 0.